The number of aromatic nitrogens is 1. The number of carbonyl (C=O) groups excluding carboxylic acids is 1. The van der Waals surface area contributed by atoms with Crippen LogP contribution < -0.4 is 5.32 Å². The predicted octanol–water partition coefficient (Wildman–Crippen LogP) is 2.84. The standard InChI is InChI=1S/C15H16N2O4S/c1-9-12(16-14(22-9)10-4-2-7-21-10)13(20)17-15(5-3-6-15)8-11(18)19/h2,4,7H,3,5-6,8H2,1H3,(H,17,20)(H,18,19). The van der Waals surface area contributed by atoms with Gasteiger partial charge in [0.1, 0.15) is 5.69 Å². The Labute approximate surface area is 131 Å². The third-order valence-electron chi connectivity index (χ3n) is 3.92. The lowest BCUT2D eigenvalue weighted by Crippen LogP contribution is -2.54. The van der Waals surface area contributed by atoms with Crippen molar-refractivity contribution < 1.29 is 19.1 Å². The van der Waals surface area contributed by atoms with E-state index in [0.717, 1.165) is 11.3 Å². The maximum atomic E-state index is 12.4. The Morgan fingerprint density at radius 1 is 1.50 bits per heavy atom. The molecule has 1 aliphatic rings. The Kier molecular flexibility index (Phi) is 3.74. The van der Waals surface area contributed by atoms with Crippen LogP contribution >= 0.6 is 11.3 Å². The lowest BCUT2D eigenvalue weighted by atomic mass is 9.74. The van der Waals surface area contributed by atoms with Crippen LogP contribution in [0, 0.1) is 6.92 Å². The summed E-state index contributed by atoms with van der Waals surface area (Å²) in [5, 5.41) is 12.5. The summed E-state index contributed by atoms with van der Waals surface area (Å²) in [5.41, 5.74) is -0.280. The minimum atomic E-state index is -0.897. The van der Waals surface area contributed by atoms with E-state index in [9.17, 15) is 9.59 Å². The summed E-state index contributed by atoms with van der Waals surface area (Å²) in [7, 11) is 0. The van der Waals surface area contributed by atoms with E-state index in [2.05, 4.69) is 10.3 Å². The smallest absolute Gasteiger partial charge is 0.305 e. The van der Waals surface area contributed by atoms with Crippen molar-refractivity contribution >= 4 is 23.2 Å². The fourth-order valence-electron chi connectivity index (χ4n) is 2.65. The molecule has 1 saturated carbocycles. The average Bonchev–Trinajstić information content (AvgIpc) is 3.04. The normalized spacial score (nSPS) is 16.0. The second kappa shape index (κ2) is 5.57. The van der Waals surface area contributed by atoms with Crippen molar-refractivity contribution in [2.45, 2.75) is 38.1 Å². The second-order valence-electron chi connectivity index (χ2n) is 5.56. The minimum Gasteiger partial charge on any atom is -0.481 e. The number of carbonyl (C=O) groups is 2. The number of aryl methyl sites for hydroxylation is 1. The van der Waals surface area contributed by atoms with Crippen LogP contribution in [-0.2, 0) is 4.79 Å². The zero-order chi connectivity index (χ0) is 15.7. The quantitative estimate of drug-likeness (QED) is 0.883. The number of aliphatic carboxylic acids is 1. The molecule has 0 aromatic carbocycles. The SMILES string of the molecule is Cc1sc(-c2ccco2)nc1C(=O)NC1(CC(=O)O)CCC1. The fourth-order valence-corrected chi connectivity index (χ4v) is 3.53. The Balaban J connectivity index is 1.79. The van der Waals surface area contributed by atoms with E-state index in [1.807, 2.05) is 6.92 Å². The van der Waals surface area contributed by atoms with Crippen molar-refractivity contribution in [3.8, 4) is 10.8 Å². The number of amides is 1. The Morgan fingerprint density at radius 3 is 2.82 bits per heavy atom. The highest BCUT2D eigenvalue weighted by Crippen LogP contribution is 2.36. The molecule has 3 rings (SSSR count). The number of thiazole rings is 1. The average molecular weight is 320 g/mol. The lowest BCUT2D eigenvalue weighted by molar-refractivity contribution is -0.139. The van der Waals surface area contributed by atoms with Crippen LogP contribution in [-0.4, -0.2) is 27.5 Å². The number of nitrogens with zero attached hydrogens (tertiary/aromatic N) is 1. The third-order valence-corrected chi connectivity index (χ3v) is 4.91. The summed E-state index contributed by atoms with van der Waals surface area (Å²) in [6.45, 7) is 1.82. The molecule has 1 aliphatic carbocycles. The van der Waals surface area contributed by atoms with Crippen molar-refractivity contribution in [1.29, 1.82) is 0 Å². The van der Waals surface area contributed by atoms with Gasteiger partial charge >= 0.3 is 5.97 Å². The largest absolute Gasteiger partial charge is 0.481 e. The van der Waals surface area contributed by atoms with Crippen molar-refractivity contribution in [3.05, 3.63) is 29.0 Å². The summed E-state index contributed by atoms with van der Waals surface area (Å²) in [6, 6.07) is 3.56. The number of carboxylic acid groups (broad SMARTS) is 1. The Hall–Kier alpha value is -2.15. The molecule has 0 atom stereocenters. The number of hydrogen-bond donors (Lipinski definition) is 2. The second-order valence-corrected chi connectivity index (χ2v) is 6.76. The van der Waals surface area contributed by atoms with Crippen LogP contribution in [0.5, 0.6) is 0 Å². The van der Waals surface area contributed by atoms with E-state index < -0.39 is 11.5 Å². The van der Waals surface area contributed by atoms with E-state index in [1.165, 1.54) is 11.3 Å². The molecule has 0 saturated heterocycles. The van der Waals surface area contributed by atoms with Gasteiger partial charge < -0.3 is 14.8 Å². The number of rotatable bonds is 5. The zero-order valence-corrected chi connectivity index (χ0v) is 12.9. The molecule has 2 N–H and O–H groups in total. The molecule has 0 bridgehead atoms. The molecule has 0 unspecified atom stereocenters. The molecule has 6 nitrogen and oxygen atoms in total. The Bertz CT molecular complexity index is 701. The molecule has 0 radical (unpaired) electrons. The molecule has 2 aromatic rings. The van der Waals surface area contributed by atoms with Gasteiger partial charge in [0.15, 0.2) is 10.8 Å². The van der Waals surface area contributed by atoms with E-state index in [4.69, 9.17) is 9.52 Å². The molecular formula is C15H16N2O4S. The van der Waals surface area contributed by atoms with Gasteiger partial charge in [-0.15, -0.1) is 11.3 Å². The summed E-state index contributed by atoms with van der Waals surface area (Å²) in [4.78, 5) is 28.5. The molecule has 0 aliphatic heterocycles. The van der Waals surface area contributed by atoms with Gasteiger partial charge in [0.25, 0.3) is 5.91 Å². The Morgan fingerprint density at radius 2 is 2.27 bits per heavy atom. The van der Waals surface area contributed by atoms with Gasteiger partial charge in [0.2, 0.25) is 0 Å². The van der Waals surface area contributed by atoms with E-state index >= 15 is 0 Å². The first-order valence-electron chi connectivity index (χ1n) is 7.05. The summed E-state index contributed by atoms with van der Waals surface area (Å²) < 4.78 is 5.29. The van der Waals surface area contributed by atoms with Gasteiger partial charge in [-0.05, 0) is 38.3 Å². The van der Waals surface area contributed by atoms with Crippen LogP contribution in [0.4, 0.5) is 0 Å². The minimum absolute atomic E-state index is 0.0486. The highest BCUT2D eigenvalue weighted by molar-refractivity contribution is 7.15. The topological polar surface area (TPSA) is 92.4 Å². The highest BCUT2D eigenvalue weighted by atomic mass is 32.1. The summed E-state index contributed by atoms with van der Waals surface area (Å²) in [6.07, 6.45) is 3.83. The maximum absolute atomic E-state index is 12.4. The van der Waals surface area contributed by atoms with Gasteiger partial charge in [-0.25, -0.2) is 4.98 Å². The molecule has 116 valence electrons. The molecule has 0 spiro atoms. The van der Waals surface area contributed by atoms with Crippen LogP contribution in [0.25, 0.3) is 10.8 Å². The lowest BCUT2D eigenvalue weighted by Gasteiger charge is -2.41. The number of carboxylic acids is 1. The monoisotopic (exact) mass is 320 g/mol. The number of hydrogen-bond acceptors (Lipinski definition) is 5. The molecule has 1 fully saturated rings. The van der Waals surface area contributed by atoms with Crippen molar-refractivity contribution in [3.63, 3.8) is 0 Å². The van der Waals surface area contributed by atoms with E-state index in [1.54, 1.807) is 18.4 Å². The van der Waals surface area contributed by atoms with Gasteiger partial charge in [-0.2, -0.15) is 0 Å². The molecule has 1 amide bonds. The number of furan rings is 1. The molecule has 2 heterocycles. The molecule has 7 heteroatoms. The third kappa shape index (κ3) is 2.76. The van der Waals surface area contributed by atoms with Gasteiger partial charge in [-0.1, -0.05) is 0 Å². The number of nitrogens with one attached hydrogen (secondary N) is 1. The summed E-state index contributed by atoms with van der Waals surface area (Å²) in [5.74, 6) is -0.588. The van der Waals surface area contributed by atoms with Crippen molar-refractivity contribution in [1.82, 2.24) is 10.3 Å². The summed E-state index contributed by atoms with van der Waals surface area (Å²) >= 11 is 1.38. The van der Waals surface area contributed by atoms with Gasteiger partial charge in [0, 0.05) is 4.88 Å². The van der Waals surface area contributed by atoms with Crippen LogP contribution in [0.2, 0.25) is 0 Å². The molecular weight excluding hydrogens is 304 g/mol. The van der Waals surface area contributed by atoms with Crippen LogP contribution in [0.1, 0.15) is 41.0 Å². The molecule has 2 aromatic heterocycles. The van der Waals surface area contributed by atoms with E-state index in [0.29, 0.717) is 29.3 Å². The molecule has 22 heavy (non-hydrogen) atoms. The van der Waals surface area contributed by atoms with Crippen LogP contribution in [0.3, 0.4) is 0 Å². The maximum Gasteiger partial charge on any atom is 0.305 e. The highest BCUT2D eigenvalue weighted by Gasteiger charge is 2.41. The van der Waals surface area contributed by atoms with Crippen molar-refractivity contribution in [2.24, 2.45) is 0 Å². The van der Waals surface area contributed by atoms with Crippen LogP contribution in [0.15, 0.2) is 22.8 Å². The zero-order valence-electron chi connectivity index (χ0n) is 12.1. The predicted molar refractivity (Wildman–Crippen MR) is 80.9 cm³/mol. The first-order valence-corrected chi connectivity index (χ1v) is 7.86. The van der Waals surface area contributed by atoms with Gasteiger partial charge in [0.05, 0.1) is 18.2 Å². The van der Waals surface area contributed by atoms with Crippen molar-refractivity contribution in [2.75, 3.05) is 0 Å². The fraction of sp³-hybridized carbons (Fsp3) is 0.400. The first kappa shape index (κ1) is 14.8. The first-order chi connectivity index (χ1) is 10.5. The van der Waals surface area contributed by atoms with E-state index in [-0.39, 0.29) is 12.3 Å². The van der Waals surface area contributed by atoms with Gasteiger partial charge in [-0.3, -0.25) is 9.59 Å².